The van der Waals surface area contributed by atoms with Crippen molar-refractivity contribution >= 4 is 39.5 Å². The second kappa shape index (κ2) is 6.55. The molecule has 1 aromatic carbocycles. The minimum absolute atomic E-state index is 0.0613. The van der Waals surface area contributed by atoms with E-state index in [1.54, 1.807) is 11.3 Å². The lowest BCUT2D eigenvalue weighted by Gasteiger charge is -2.14. The molecular formula is C16H14ClF3N4OS. The van der Waals surface area contributed by atoms with E-state index in [4.69, 9.17) is 11.6 Å². The number of hydrogen-bond donors (Lipinski definition) is 1. The molecule has 5 nitrogen and oxygen atoms in total. The summed E-state index contributed by atoms with van der Waals surface area (Å²) in [5.41, 5.74) is -0.764. The fourth-order valence-electron chi connectivity index (χ4n) is 2.55. The second-order valence-corrected chi connectivity index (χ2v) is 7.40. The van der Waals surface area contributed by atoms with Crippen molar-refractivity contribution in [3.8, 4) is 0 Å². The normalized spacial score (nSPS) is 12.2. The number of carbonyl (C=O) groups excluding carboxylic acids is 1. The predicted molar refractivity (Wildman–Crippen MR) is 94.1 cm³/mol. The van der Waals surface area contributed by atoms with Gasteiger partial charge in [-0.1, -0.05) is 36.8 Å². The van der Waals surface area contributed by atoms with Gasteiger partial charge in [0.2, 0.25) is 4.96 Å². The quantitative estimate of drug-likeness (QED) is 0.659. The van der Waals surface area contributed by atoms with Crippen molar-refractivity contribution in [1.29, 1.82) is 0 Å². The number of rotatable bonds is 3. The van der Waals surface area contributed by atoms with E-state index >= 15 is 0 Å². The van der Waals surface area contributed by atoms with Crippen LogP contribution in [0.4, 0.5) is 18.9 Å². The highest BCUT2D eigenvalue weighted by Gasteiger charge is 2.34. The van der Waals surface area contributed by atoms with Crippen LogP contribution in [0, 0.1) is 6.92 Å². The first-order valence-electron chi connectivity index (χ1n) is 7.62. The number of nitrogens with one attached hydrogen (secondary N) is 1. The fraction of sp³-hybridized carbons (Fsp3) is 0.312. The van der Waals surface area contributed by atoms with Crippen molar-refractivity contribution < 1.29 is 18.0 Å². The van der Waals surface area contributed by atoms with Crippen molar-refractivity contribution in [1.82, 2.24) is 14.6 Å². The van der Waals surface area contributed by atoms with Crippen LogP contribution >= 0.6 is 22.9 Å². The molecule has 0 spiro atoms. The molecule has 0 aliphatic rings. The minimum atomic E-state index is -4.64. The number of aryl methyl sites for hydroxylation is 1. The second-order valence-electron chi connectivity index (χ2n) is 5.99. The summed E-state index contributed by atoms with van der Waals surface area (Å²) in [7, 11) is 0. The zero-order valence-corrected chi connectivity index (χ0v) is 15.6. The van der Waals surface area contributed by atoms with Gasteiger partial charge in [-0.15, -0.1) is 10.2 Å². The molecule has 0 unspecified atom stereocenters. The first kappa shape index (κ1) is 18.7. The number of hydrogen-bond acceptors (Lipinski definition) is 4. The van der Waals surface area contributed by atoms with Crippen LogP contribution in [0.15, 0.2) is 18.2 Å². The molecule has 0 radical (unpaired) electrons. The standard InChI is InChI=1S/C16H14ClF3N4OS/c1-7(2)13-22-23-15-24(13)8(3)12(26-15)14(25)21-11-5-4-9(17)6-10(11)16(18,19)20/h4-7H,1-3H3,(H,21,25). The zero-order valence-electron chi connectivity index (χ0n) is 14.0. The van der Waals surface area contributed by atoms with Crippen LogP contribution in [0.2, 0.25) is 5.02 Å². The number of thiazole rings is 1. The molecule has 1 N–H and O–H groups in total. The van der Waals surface area contributed by atoms with Crippen LogP contribution < -0.4 is 5.32 Å². The third-order valence-electron chi connectivity index (χ3n) is 3.77. The average molecular weight is 403 g/mol. The summed E-state index contributed by atoms with van der Waals surface area (Å²) in [6.07, 6.45) is -4.64. The molecule has 0 aliphatic heterocycles. The number of benzene rings is 1. The SMILES string of the molecule is Cc1c(C(=O)Nc2ccc(Cl)cc2C(F)(F)F)sc2nnc(C(C)C)n12. The maximum absolute atomic E-state index is 13.2. The van der Waals surface area contributed by atoms with Gasteiger partial charge in [-0.2, -0.15) is 13.2 Å². The molecule has 138 valence electrons. The van der Waals surface area contributed by atoms with Crippen molar-refractivity contribution in [3.63, 3.8) is 0 Å². The Labute approximate surface area is 155 Å². The Morgan fingerprint density at radius 3 is 2.62 bits per heavy atom. The summed E-state index contributed by atoms with van der Waals surface area (Å²) < 4.78 is 41.3. The molecule has 0 saturated heterocycles. The van der Waals surface area contributed by atoms with Gasteiger partial charge in [-0.25, -0.2) is 0 Å². The highest BCUT2D eigenvalue weighted by molar-refractivity contribution is 7.19. The molecule has 0 fully saturated rings. The van der Waals surface area contributed by atoms with Gasteiger partial charge >= 0.3 is 6.18 Å². The summed E-state index contributed by atoms with van der Waals surface area (Å²) in [6.45, 7) is 5.59. The summed E-state index contributed by atoms with van der Waals surface area (Å²) in [4.78, 5) is 13.4. The van der Waals surface area contributed by atoms with E-state index in [1.165, 1.54) is 6.07 Å². The van der Waals surface area contributed by atoms with Crippen molar-refractivity contribution in [2.45, 2.75) is 32.9 Å². The predicted octanol–water partition coefficient (Wildman–Crippen LogP) is 5.15. The number of carbonyl (C=O) groups is 1. The van der Waals surface area contributed by atoms with Crippen molar-refractivity contribution in [2.75, 3.05) is 5.32 Å². The number of anilines is 1. The Balaban J connectivity index is 2.00. The van der Waals surface area contributed by atoms with E-state index < -0.39 is 17.6 Å². The van der Waals surface area contributed by atoms with E-state index in [0.717, 1.165) is 23.5 Å². The van der Waals surface area contributed by atoms with Crippen LogP contribution in [0.25, 0.3) is 4.96 Å². The molecule has 0 saturated carbocycles. The summed E-state index contributed by atoms with van der Waals surface area (Å²) in [6, 6.07) is 3.21. The van der Waals surface area contributed by atoms with E-state index in [-0.39, 0.29) is 21.5 Å². The fourth-order valence-corrected chi connectivity index (χ4v) is 3.69. The molecule has 2 heterocycles. The molecule has 26 heavy (non-hydrogen) atoms. The number of alkyl halides is 3. The van der Waals surface area contributed by atoms with Crippen LogP contribution in [0.3, 0.4) is 0 Å². The molecule has 1 amide bonds. The molecule has 3 aromatic rings. The van der Waals surface area contributed by atoms with Crippen LogP contribution in [-0.2, 0) is 6.18 Å². The first-order valence-corrected chi connectivity index (χ1v) is 8.81. The van der Waals surface area contributed by atoms with E-state index in [2.05, 4.69) is 15.5 Å². The lowest BCUT2D eigenvalue weighted by molar-refractivity contribution is -0.136. The molecular weight excluding hydrogens is 389 g/mol. The average Bonchev–Trinajstić information content (AvgIpc) is 3.08. The molecule has 2 aromatic heterocycles. The minimum Gasteiger partial charge on any atom is -0.321 e. The Morgan fingerprint density at radius 1 is 1.31 bits per heavy atom. The molecule has 10 heteroatoms. The van der Waals surface area contributed by atoms with Gasteiger partial charge in [0.05, 0.1) is 11.3 Å². The first-order chi connectivity index (χ1) is 12.1. The van der Waals surface area contributed by atoms with Crippen LogP contribution in [0.5, 0.6) is 0 Å². The molecule has 0 bridgehead atoms. The summed E-state index contributed by atoms with van der Waals surface area (Å²) in [5, 5.41) is 10.4. The van der Waals surface area contributed by atoms with E-state index in [9.17, 15) is 18.0 Å². The Morgan fingerprint density at radius 2 is 2.00 bits per heavy atom. The van der Waals surface area contributed by atoms with E-state index in [0.29, 0.717) is 16.5 Å². The molecule has 0 aliphatic carbocycles. The smallest absolute Gasteiger partial charge is 0.321 e. The number of aromatic nitrogens is 3. The van der Waals surface area contributed by atoms with Gasteiger partial charge in [0.25, 0.3) is 5.91 Å². The Kier molecular flexibility index (Phi) is 4.70. The van der Waals surface area contributed by atoms with Crippen LogP contribution in [-0.4, -0.2) is 20.5 Å². The summed E-state index contributed by atoms with van der Waals surface area (Å²) >= 11 is 6.73. The van der Waals surface area contributed by atoms with Gasteiger partial charge in [-0.3, -0.25) is 9.20 Å². The van der Waals surface area contributed by atoms with Gasteiger partial charge in [0, 0.05) is 16.6 Å². The highest BCUT2D eigenvalue weighted by Crippen LogP contribution is 2.37. The monoisotopic (exact) mass is 402 g/mol. The maximum Gasteiger partial charge on any atom is 0.418 e. The third kappa shape index (κ3) is 3.28. The molecule has 0 atom stereocenters. The number of amides is 1. The maximum atomic E-state index is 13.2. The van der Waals surface area contributed by atoms with Gasteiger partial charge < -0.3 is 5.32 Å². The largest absolute Gasteiger partial charge is 0.418 e. The Hall–Kier alpha value is -2.13. The molecule has 3 rings (SSSR count). The zero-order chi connectivity index (χ0) is 19.2. The van der Waals surface area contributed by atoms with Crippen molar-refractivity contribution in [2.24, 2.45) is 0 Å². The van der Waals surface area contributed by atoms with Crippen molar-refractivity contribution in [3.05, 3.63) is 45.2 Å². The number of halogens is 4. The van der Waals surface area contributed by atoms with Gasteiger partial charge in [0.15, 0.2) is 0 Å². The lowest BCUT2D eigenvalue weighted by Crippen LogP contribution is -2.17. The van der Waals surface area contributed by atoms with Gasteiger partial charge in [-0.05, 0) is 25.1 Å². The number of fused-ring (bicyclic) bond motifs is 1. The Bertz CT molecular complexity index is 993. The van der Waals surface area contributed by atoms with E-state index in [1.807, 2.05) is 13.8 Å². The summed E-state index contributed by atoms with van der Waals surface area (Å²) in [5.74, 6) is 0.137. The number of nitrogens with zero attached hydrogens (tertiary/aromatic N) is 3. The third-order valence-corrected chi connectivity index (χ3v) is 5.14. The topological polar surface area (TPSA) is 59.3 Å². The van der Waals surface area contributed by atoms with Crippen LogP contribution in [0.1, 0.15) is 46.5 Å². The lowest BCUT2D eigenvalue weighted by atomic mass is 10.1. The highest BCUT2D eigenvalue weighted by atomic mass is 35.5. The van der Waals surface area contributed by atoms with Gasteiger partial charge in [0.1, 0.15) is 10.7 Å².